The van der Waals surface area contributed by atoms with Crippen molar-refractivity contribution in [1.82, 2.24) is 5.32 Å². The zero-order valence-corrected chi connectivity index (χ0v) is 13.0. The predicted octanol–water partition coefficient (Wildman–Crippen LogP) is 2.12. The number of nitrogens with zero attached hydrogens (tertiary/aromatic N) is 1. The van der Waals surface area contributed by atoms with E-state index in [1.807, 2.05) is 0 Å². The van der Waals surface area contributed by atoms with Crippen LogP contribution >= 0.6 is 23.2 Å². The molecular weight excluding hydrogens is 331 g/mol. The minimum Gasteiger partial charge on any atom is -0.480 e. The highest BCUT2D eigenvalue weighted by Gasteiger charge is 2.48. The van der Waals surface area contributed by atoms with Gasteiger partial charge in [-0.15, -0.1) is 0 Å². The Morgan fingerprint density at radius 2 is 2.09 bits per heavy atom. The minimum atomic E-state index is -1.57. The Balaban J connectivity index is 1.97. The van der Waals surface area contributed by atoms with Crippen LogP contribution in [0.3, 0.4) is 0 Å². The molecule has 0 unspecified atom stereocenters. The van der Waals surface area contributed by atoms with Crippen LogP contribution in [0.2, 0.25) is 10.0 Å². The molecule has 8 heteroatoms. The van der Waals surface area contributed by atoms with Crippen molar-refractivity contribution in [3.8, 4) is 0 Å². The third kappa shape index (κ3) is 3.40. The normalized spacial score (nSPS) is 21.2. The number of carboxylic acids is 1. The molecule has 1 aromatic rings. The number of oxime groups is 1. The number of carboxylic acid groups (broad SMARTS) is 1. The first-order valence-electron chi connectivity index (χ1n) is 6.58. The second kappa shape index (κ2) is 7.09. The molecule has 0 amide bonds. The Bertz CT molecular complexity index is 593. The van der Waals surface area contributed by atoms with Crippen molar-refractivity contribution in [2.45, 2.75) is 18.4 Å². The molecule has 1 aliphatic heterocycles. The van der Waals surface area contributed by atoms with E-state index in [2.05, 4.69) is 10.5 Å². The lowest BCUT2D eigenvalue weighted by molar-refractivity contribution is -0.150. The first kappa shape index (κ1) is 16.7. The number of aliphatic carboxylic acids is 1. The molecule has 1 fully saturated rings. The van der Waals surface area contributed by atoms with Gasteiger partial charge < -0.3 is 9.94 Å². The summed E-state index contributed by atoms with van der Waals surface area (Å²) in [5.74, 6) is -1.77. The van der Waals surface area contributed by atoms with Crippen molar-refractivity contribution in [3.05, 3.63) is 33.8 Å². The second-order valence-corrected chi connectivity index (χ2v) is 5.62. The topological polar surface area (TPSA) is 88.0 Å². The molecule has 1 heterocycles. The number of nitrogens with one attached hydrogen (secondary N) is 1. The summed E-state index contributed by atoms with van der Waals surface area (Å²) >= 11 is 11.9. The van der Waals surface area contributed by atoms with Crippen molar-refractivity contribution in [1.29, 1.82) is 0 Å². The molecule has 118 valence electrons. The number of hydrogen-bond acceptors (Lipinski definition) is 5. The minimum absolute atomic E-state index is 0.241. The Morgan fingerprint density at radius 1 is 1.41 bits per heavy atom. The maximum absolute atomic E-state index is 12.1. The Morgan fingerprint density at radius 3 is 2.64 bits per heavy atom. The highest BCUT2D eigenvalue weighted by molar-refractivity contribution is 6.38. The fourth-order valence-electron chi connectivity index (χ4n) is 2.23. The largest absolute Gasteiger partial charge is 0.480 e. The van der Waals surface area contributed by atoms with Gasteiger partial charge in [-0.1, -0.05) is 34.4 Å². The van der Waals surface area contributed by atoms with Gasteiger partial charge in [0.15, 0.2) is 12.1 Å². The standard InChI is InChI=1S/C14H14Cl2N2O4/c15-10-3-1-4-11(16)9(10)7-18-22-8-12(19)14(13(20)21)5-2-6-17-14/h1,3-4,7,17H,2,5-6,8H2,(H,20,21)/t14-/m1/s1. The molecule has 2 rings (SSSR count). The van der Waals surface area contributed by atoms with E-state index in [4.69, 9.17) is 28.0 Å². The van der Waals surface area contributed by atoms with Gasteiger partial charge in [-0.3, -0.25) is 10.1 Å². The first-order valence-corrected chi connectivity index (χ1v) is 7.34. The Kier molecular flexibility index (Phi) is 5.39. The first-order chi connectivity index (χ1) is 10.5. The molecule has 2 N–H and O–H groups in total. The maximum Gasteiger partial charge on any atom is 0.331 e. The van der Waals surface area contributed by atoms with Crippen molar-refractivity contribution < 1.29 is 19.5 Å². The third-order valence-electron chi connectivity index (χ3n) is 3.45. The summed E-state index contributed by atoms with van der Waals surface area (Å²) < 4.78 is 0. The monoisotopic (exact) mass is 344 g/mol. The fourth-order valence-corrected chi connectivity index (χ4v) is 2.72. The SMILES string of the molecule is O=C(O)[C@]1(C(=O)CON=Cc2c(Cl)cccc2Cl)CCCN1. The lowest BCUT2D eigenvalue weighted by atomic mass is 9.93. The lowest BCUT2D eigenvalue weighted by Gasteiger charge is -2.21. The molecule has 0 saturated carbocycles. The van der Waals surface area contributed by atoms with E-state index in [1.54, 1.807) is 18.2 Å². The van der Waals surface area contributed by atoms with Gasteiger partial charge in [0.1, 0.15) is 0 Å². The zero-order valence-electron chi connectivity index (χ0n) is 11.5. The van der Waals surface area contributed by atoms with Gasteiger partial charge in [0.05, 0.1) is 16.3 Å². The van der Waals surface area contributed by atoms with Crippen LogP contribution in [-0.2, 0) is 14.4 Å². The quantitative estimate of drug-likeness (QED) is 0.468. The van der Waals surface area contributed by atoms with Gasteiger partial charge in [0.2, 0.25) is 5.78 Å². The van der Waals surface area contributed by atoms with Gasteiger partial charge in [-0.25, -0.2) is 4.79 Å². The Labute approximate surface area is 137 Å². The van der Waals surface area contributed by atoms with Gasteiger partial charge in [0, 0.05) is 5.56 Å². The van der Waals surface area contributed by atoms with Crippen LogP contribution in [-0.4, -0.2) is 41.8 Å². The van der Waals surface area contributed by atoms with Crippen LogP contribution in [0.1, 0.15) is 18.4 Å². The molecule has 1 aliphatic rings. The third-order valence-corrected chi connectivity index (χ3v) is 4.11. The van der Waals surface area contributed by atoms with Gasteiger partial charge in [-0.05, 0) is 31.5 Å². The number of carbonyl (C=O) groups is 2. The van der Waals surface area contributed by atoms with Crippen LogP contribution < -0.4 is 5.32 Å². The van der Waals surface area contributed by atoms with E-state index in [1.165, 1.54) is 6.21 Å². The summed E-state index contributed by atoms with van der Waals surface area (Å²) in [5.41, 5.74) is -1.11. The molecule has 1 atom stereocenters. The molecule has 0 spiro atoms. The van der Waals surface area contributed by atoms with Crippen molar-refractivity contribution in [2.75, 3.05) is 13.2 Å². The molecule has 1 aromatic carbocycles. The molecule has 22 heavy (non-hydrogen) atoms. The summed E-state index contributed by atoms with van der Waals surface area (Å²) in [5, 5.41) is 16.4. The van der Waals surface area contributed by atoms with Gasteiger partial charge in [0.25, 0.3) is 0 Å². The van der Waals surface area contributed by atoms with E-state index in [0.29, 0.717) is 28.6 Å². The number of rotatable bonds is 6. The number of halogens is 2. The van der Waals surface area contributed by atoms with E-state index in [9.17, 15) is 14.7 Å². The van der Waals surface area contributed by atoms with E-state index < -0.39 is 23.9 Å². The fraction of sp³-hybridized carbons (Fsp3) is 0.357. The van der Waals surface area contributed by atoms with Gasteiger partial charge >= 0.3 is 5.97 Å². The summed E-state index contributed by atoms with van der Waals surface area (Å²) in [6.07, 6.45) is 2.15. The molecule has 1 saturated heterocycles. The highest BCUT2D eigenvalue weighted by atomic mass is 35.5. The summed E-state index contributed by atoms with van der Waals surface area (Å²) in [4.78, 5) is 28.3. The lowest BCUT2D eigenvalue weighted by Crippen LogP contribution is -2.55. The summed E-state index contributed by atoms with van der Waals surface area (Å²) in [7, 11) is 0. The van der Waals surface area contributed by atoms with E-state index >= 15 is 0 Å². The number of Topliss-reactive ketones (excluding diaryl/α,β-unsaturated/α-hetero) is 1. The molecular formula is C14H14Cl2N2O4. The molecule has 0 radical (unpaired) electrons. The molecule has 0 aromatic heterocycles. The smallest absolute Gasteiger partial charge is 0.331 e. The van der Waals surface area contributed by atoms with Crippen molar-refractivity contribution in [2.24, 2.45) is 5.16 Å². The van der Waals surface area contributed by atoms with Crippen molar-refractivity contribution in [3.63, 3.8) is 0 Å². The van der Waals surface area contributed by atoms with Crippen LogP contribution in [0, 0.1) is 0 Å². The highest BCUT2D eigenvalue weighted by Crippen LogP contribution is 2.23. The van der Waals surface area contributed by atoms with E-state index in [0.717, 1.165) is 0 Å². The summed E-state index contributed by atoms with van der Waals surface area (Å²) in [6, 6.07) is 4.97. The predicted molar refractivity (Wildman–Crippen MR) is 82.6 cm³/mol. The van der Waals surface area contributed by atoms with Crippen LogP contribution in [0.5, 0.6) is 0 Å². The van der Waals surface area contributed by atoms with Crippen LogP contribution in [0.25, 0.3) is 0 Å². The van der Waals surface area contributed by atoms with Gasteiger partial charge in [-0.2, -0.15) is 0 Å². The number of carbonyl (C=O) groups excluding carboxylic acids is 1. The van der Waals surface area contributed by atoms with E-state index in [-0.39, 0.29) is 6.42 Å². The zero-order chi connectivity index (χ0) is 16.2. The number of benzene rings is 1. The van der Waals surface area contributed by atoms with Crippen LogP contribution in [0.15, 0.2) is 23.4 Å². The average Bonchev–Trinajstić information content (AvgIpc) is 2.96. The molecule has 6 nitrogen and oxygen atoms in total. The number of hydrogen-bond donors (Lipinski definition) is 2. The molecule has 0 aliphatic carbocycles. The maximum atomic E-state index is 12.1. The summed E-state index contributed by atoms with van der Waals surface area (Å²) in [6.45, 7) is 0.0361. The van der Waals surface area contributed by atoms with Crippen LogP contribution in [0.4, 0.5) is 0 Å². The number of ketones is 1. The molecule has 0 bridgehead atoms. The Hall–Kier alpha value is -1.63. The second-order valence-electron chi connectivity index (χ2n) is 4.81. The van der Waals surface area contributed by atoms with Crippen molar-refractivity contribution >= 4 is 41.2 Å². The average molecular weight is 345 g/mol.